The van der Waals surface area contributed by atoms with Crippen LogP contribution in [0.5, 0.6) is 5.75 Å². The first-order valence-electron chi connectivity index (χ1n) is 13.2. The summed E-state index contributed by atoms with van der Waals surface area (Å²) in [5.41, 5.74) is 11.2. The zero-order valence-electron chi connectivity index (χ0n) is 21.7. The van der Waals surface area contributed by atoms with Crippen molar-refractivity contribution in [3.05, 3.63) is 88.4 Å². The van der Waals surface area contributed by atoms with E-state index in [1.807, 2.05) is 19.1 Å². The number of aromatic nitrogens is 4. The Morgan fingerprint density at radius 1 is 1.20 bits per heavy atom. The molecule has 3 aromatic heterocycles. The van der Waals surface area contributed by atoms with E-state index in [0.717, 1.165) is 41.6 Å². The van der Waals surface area contributed by atoms with Crippen molar-refractivity contribution in [1.29, 1.82) is 0 Å². The summed E-state index contributed by atoms with van der Waals surface area (Å²) in [6.45, 7) is 2.31. The lowest BCUT2D eigenvalue weighted by atomic mass is 9.96. The highest BCUT2D eigenvalue weighted by Gasteiger charge is 2.35. The summed E-state index contributed by atoms with van der Waals surface area (Å²) in [7, 11) is 0. The van der Waals surface area contributed by atoms with E-state index >= 15 is 0 Å². The minimum Gasteiger partial charge on any atom is -0.484 e. The van der Waals surface area contributed by atoms with Crippen molar-refractivity contribution < 1.29 is 18.7 Å². The number of amides is 3. The fraction of sp³-hybridized carbons (Fsp3) is 0.276. The average molecular weight is 540 g/mol. The molecule has 0 saturated heterocycles. The first-order valence-corrected chi connectivity index (χ1v) is 13.2. The molecule has 10 nitrogen and oxygen atoms in total. The number of carbonyl (C=O) groups is 2. The highest BCUT2D eigenvalue weighted by molar-refractivity contribution is 6.05. The number of hydrogen-bond acceptors (Lipinski definition) is 6. The number of benzene rings is 1. The number of anilines is 2. The number of nitrogens with one attached hydrogen (secondary N) is 1. The van der Waals surface area contributed by atoms with Crippen LogP contribution in [0.4, 0.5) is 20.6 Å². The zero-order chi connectivity index (χ0) is 27.5. The Hall–Kier alpha value is -4.80. The zero-order valence-corrected chi connectivity index (χ0v) is 21.7. The van der Waals surface area contributed by atoms with Crippen molar-refractivity contribution in [3.63, 3.8) is 0 Å². The van der Waals surface area contributed by atoms with Gasteiger partial charge in [0.1, 0.15) is 23.4 Å². The van der Waals surface area contributed by atoms with Gasteiger partial charge in [0.2, 0.25) is 0 Å². The first-order chi connectivity index (χ1) is 19.4. The maximum atomic E-state index is 14.4. The van der Waals surface area contributed by atoms with Gasteiger partial charge >= 0.3 is 6.03 Å². The molecule has 1 aromatic carbocycles. The maximum Gasteiger partial charge on any atom is 0.326 e. The van der Waals surface area contributed by atoms with Crippen LogP contribution in [-0.4, -0.2) is 31.7 Å². The predicted octanol–water partition coefficient (Wildman–Crippen LogP) is 4.70. The molecule has 1 aliphatic carbocycles. The van der Waals surface area contributed by atoms with Crippen LogP contribution in [0.1, 0.15) is 69.7 Å². The third-order valence-electron chi connectivity index (χ3n) is 7.72. The van der Waals surface area contributed by atoms with Gasteiger partial charge in [0.15, 0.2) is 5.82 Å². The summed E-state index contributed by atoms with van der Waals surface area (Å²) in [6, 6.07) is 8.34. The van der Waals surface area contributed by atoms with Crippen LogP contribution in [0.25, 0.3) is 5.82 Å². The smallest absolute Gasteiger partial charge is 0.326 e. The summed E-state index contributed by atoms with van der Waals surface area (Å²) >= 11 is 0. The Morgan fingerprint density at radius 2 is 2.05 bits per heavy atom. The minimum absolute atomic E-state index is 0.279. The number of hydrogen-bond donors (Lipinski definition) is 2. The van der Waals surface area contributed by atoms with E-state index in [1.54, 1.807) is 23.2 Å². The molecule has 40 heavy (non-hydrogen) atoms. The number of nitrogens with zero attached hydrogens (tertiary/aromatic N) is 5. The molecule has 3 amide bonds. The number of urea groups is 1. The van der Waals surface area contributed by atoms with E-state index in [9.17, 15) is 14.0 Å². The normalized spacial score (nSPS) is 18.0. The number of pyridine rings is 2. The molecule has 1 fully saturated rings. The number of aryl methyl sites for hydroxylation is 2. The molecule has 1 unspecified atom stereocenters. The fourth-order valence-corrected chi connectivity index (χ4v) is 5.51. The summed E-state index contributed by atoms with van der Waals surface area (Å²) in [5, 5.41) is 7.27. The molecule has 0 radical (unpaired) electrons. The average Bonchev–Trinajstić information content (AvgIpc) is 3.66. The van der Waals surface area contributed by atoms with E-state index in [0.29, 0.717) is 41.8 Å². The summed E-state index contributed by atoms with van der Waals surface area (Å²) in [5.74, 6) is 0.458. The Balaban J connectivity index is 1.23. The number of ether oxygens (including phenoxy) is 1. The van der Waals surface area contributed by atoms with Gasteiger partial charge in [-0.05, 0) is 55.9 Å². The number of carbonyl (C=O) groups excluding carboxylic acids is 2. The van der Waals surface area contributed by atoms with Crippen LogP contribution in [-0.2, 0) is 13.0 Å². The molecule has 3 aliphatic rings. The lowest BCUT2D eigenvalue weighted by Crippen LogP contribution is -2.40. The van der Waals surface area contributed by atoms with Gasteiger partial charge in [0, 0.05) is 36.0 Å². The SMILES string of the molecule is Cc1cc2c(cc1N1Cc3c(cc(-n4cc(C(N)=O)cn4)nc3C3CC3)NC1=O)OC(c1ncccc1F)CC2. The third kappa shape index (κ3) is 4.14. The maximum absolute atomic E-state index is 14.4. The summed E-state index contributed by atoms with van der Waals surface area (Å²) in [6.07, 6.45) is 7.36. The minimum atomic E-state index is -0.573. The van der Waals surface area contributed by atoms with Crippen molar-refractivity contribution >= 4 is 23.3 Å². The molecule has 5 heterocycles. The number of primary amides is 1. The topological polar surface area (TPSA) is 128 Å². The Labute approximate surface area is 229 Å². The van der Waals surface area contributed by atoms with Crippen LogP contribution in [0.2, 0.25) is 0 Å². The van der Waals surface area contributed by atoms with E-state index in [-0.39, 0.29) is 17.3 Å². The summed E-state index contributed by atoms with van der Waals surface area (Å²) in [4.78, 5) is 35.8. The van der Waals surface area contributed by atoms with Gasteiger partial charge in [-0.25, -0.2) is 18.9 Å². The molecular weight excluding hydrogens is 513 g/mol. The molecular formula is C29H26FN7O3. The van der Waals surface area contributed by atoms with E-state index in [4.69, 9.17) is 15.5 Å². The van der Waals surface area contributed by atoms with Crippen LogP contribution in [0, 0.1) is 12.7 Å². The van der Waals surface area contributed by atoms with Crippen molar-refractivity contribution in [2.24, 2.45) is 5.73 Å². The van der Waals surface area contributed by atoms with Gasteiger partial charge < -0.3 is 15.8 Å². The highest BCUT2D eigenvalue weighted by Crippen LogP contribution is 2.45. The van der Waals surface area contributed by atoms with Gasteiger partial charge in [-0.1, -0.05) is 6.07 Å². The Kier molecular flexibility index (Phi) is 5.55. The fourth-order valence-electron chi connectivity index (χ4n) is 5.51. The molecule has 1 saturated carbocycles. The summed E-state index contributed by atoms with van der Waals surface area (Å²) < 4.78 is 22.1. The quantitative estimate of drug-likeness (QED) is 0.378. The van der Waals surface area contributed by atoms with E-state index in [2.05, 4.69) is 15.4 Å². The molecule has 4 aromatic rings. The lowest BCUT2D eigenvalue weighted by Gasteiger charge is -2.33. The lowest BCUT2D eigenvalue weighted by molar-refractivity contribution is 0.1000. The highest BCUT2D eigenvalue weighted by atomic mass is 19.1. The molecule has 1 atom stereocenters. The van der Waals surface area contributed by atoms with Crippen LogP contribution in [0.15, 0.2) is 48.9 Å². The second-order valence-electron chi connectivity index (χ2n) is 10.5. The molecule has 3 N–H and O–H groups in total. The molecule has 11 heteroatoms. The van der Waals surface area contributed by atoms with Crippen LogP contribution in [0.3, 0.4) is 0 Å². The Bertz CT molecular complexity index is 1700. The van der Waals surface area contributed by atoms with E-state index < -0.39 is 17.8 Å². The van der Waals surface area contributed by atoms with Crippen molar-refractivity contribution in [2.75, 3.05) is 10.2 Å². The van der Waals surface area contributed by atoms with Crippen LogP contribution >= 0.6 is 0 Å². The monoisotopic (exact) mass is 539 g/mol. The van der Waals surface area contributed by atoms with Gasteiger partial charge in [-0.15, -0.1) is 0 Å². The molecule has 7 rings (SSSR count). The molecule has 0 spiro atoms. The standard InChI is InChI=1S/C29H26FN7O3/c1-15-9-17-6-7-23(27-20(30)3-2-8-32-27)40-24(17)11-22(15)36-14-19-21(34-29(36)39)10-25(35-26(19)16-4-5-16)37-13-18(12-33-37)28(31)38/h2-3,8-13,16,23H,4-7,14H2,1H3,(H2,31,38)(H,34,39). The van der Waals surface area contributed by atoms with Crippen molar-refractivity contribution in [2.45, 2.75) is 51.2 Å². The van der Waals surface area contributed by atoms with E-state index in [1.165, 1.54) is 23.1 Å². The first kappa shape index (κ1) is 24.3. The number of fused-ring (bicyclic) bond motifs is 2. The molecule has 0 bridgehead atoms. The number of nitrogens with two attached hydrogens (primary N) is 1. The van der Waals surface area contributed by atoms with Gasteiger partial charge in [0.25, 0.3) is 5.91 Å². The Morgan fingerprint density at radius 3 is 2.80 bits per heavy atom. The van der Waals surface area contributed by atoms with Crippen molar-refractivity contribution in [1.82, 2.24) is 19.7 Å². The van der Waals surface area contributed by atoms with Gasteiger partial charge in [-0.2, -0.15) is 5.10 Å². The predicted molar refractivity (Wildman–Crippen MR) is 144 cm³/mol. The van der Waals surface area contributed by atoms with Gasteiger partial charge in [0.05, 0.1) is 35.4 Å². The van der Waals surface area contributed by atoms with Crippen LogP contribution < -0.4 is 20.7 Å². The number of rotatable bonds is 5. The molecule has 2 aliphatic heterocycles. The van der Waals surface area contributed by atoms with Gasteiger partial charge in [-0.3, -0.25) is 14.7 Å². The molecule has 202 valence electrons. The van der Waals surface area contributed by atoms with Crippen molar-refractivity contribution in [3.8, 4) is 11.6 Å². The second kappa shape index (κ2) is 9.15. The number of halogens is 1. The largest absolute Gasteiger partial charge is 0.484 e. The third-order valence-corrected chi connectivity index (χ3v) is 7.72. The second-order valence-corrected chi connectivity index (χ2v) is 10.5.